The minimum atomic E-state index is 0.643. The summed E-state index contributed by atoms with van der Waals surface area (Å²) in [4.78, 5) is 2.66. The van der Waals surface area contributed by atoms with Crippen LogP contribution in [0.25, 0.3) is 11.0 Å². The molecule has 0 spiro atoms. The van der Waals surface area contributed by atoms with Gasteiger partial charge in [0.15, 0.2) is 0 Å². The molecule has 2 aromatic rings. The summed E-state index contributed by atoms with van der Waals surface area (Å²) in [6, 6.07) is 9.95. The number of nitrogens with zero attached hydrogens (tertiary/aromatic N) is 1. The smallest absolute Gasteiger partial charge is 0.134 e. The van der Waals surface area contributed by atoms with Gasteiger partial charge in [-0.1, -0.05) is 25.1 Å². The first-order valence-corrected chi connectivity index (χ1v) is 8.32. The van der Waals surface area contributed by atoms with E-state index < -0.39 is 0 Å². The molecule has 1 unspecified atom stereocenters. The Labute approximate surface area is 126 Å². The quantitative estimate of drug-likeness (QED) is 0.913. The number of hydrogen-bond donors (Lipinski definition) is 1. The van der Waals surface area contributed by atoms with Crippen LogP contribution < -0.4 is 5.32 Å². The molecular formula is C18H24N2O. The predicted octanol–water partition coefficient (Wildman–Crippen LogP) is 3.32. The van der Waals surface area contributed by atoms with Gasteiger partial charge in [-0.3, -0.25) is 4.90 Å². The fourth-order valence-corrected chi connectivity index (χ4v) is 3.60. The maximum Gasteiger partial charge on any atom is 0.134 e. The number of nitrogens with one attached hydrogen (secondary N) is 1. The van der Waals surface area contributed by atoms with E-state index in [1.54, 1.807) is 0 Å². The van der Waals surface area contributed by atoms with Gasteiger partial charge in [-0.2, -0.15) is 0 Å². The molecule has 2 fully saturated rings. The Morgan fingerprint density at radius 2 is 2.10 bits per heavy atom. The second kappa shape index (κ2) is 5.47. The lowest BCUT2D eigenvalue weighted by molar-refractivity contribution is 0.317. The fourth-order valence-electron chi connectivity index (χ4n) is 3.60. The number of rotatable bonds is 5. The van der Waals surface area contributed by atoms with Gasteiger partial charge >= 0.3 is 0 Å². The zero-order valence-corrected chi connectivity index (χ0v) is 12.8. The molecular weight excluding hydrogens is 260 g/mol. The largest absolute Gasteiger partial charge is 0.461 e. The normalized spacial score (nSPS) is 23.2. The van der Waals surface area contributed by atoms with Crippen molar-refractivity contribution >= 4 is 11.0 Å². The van der Waals surface area contributed by atoms with Crippen LogP contribution in [0.3, 0.4) is 0 Å². The van der Waals surface area contributed by atoms with Gasteiger partial charge in [0.1, 0.15) is 11.3 Å². The minimum absolute atomic E-state index is 0.643. The standard InChI is InChI=1S/C18H24N2O/c1-2-17-16(15-5-3-4-6-18(15)21-17)11-19-13-9-10-20(12-13)14-7-8-14/h3-6,13-14,19H,2,7-12H2,1H3. The molecule has 1 saturated heterocycles. The van der Waals surface area contributed by atoms with E-state index in [2.05, 4.69) is 35.3 Å². The van der Waals surface area contributed by atoms with E-state index >= 15 is 0 Å². The maximum absolute atomic E-state index is 5.98. The first kappa shape index (κ1) is 13.4. The molecule has 0 radical (unpaired) electrons. The van der Waals surface area contributed by atoms with Crippen molar-refractivity contribution in [2.75, 3.05) is 13.1 Å². The SMILES string of the molecule is CCc1oc2ccccc2c1CNC1CCN(C2CC2)C1. The number of hydrogen-bond acceptors (Lipinski definition) is 3. The Morgan fingerprint density at radius 3 is 2.90 bits per heavy atom. The monoisotopic (exact) mass is 284 g/mol. The van der Waals surface area contributed by atoms with Crippen molar-refractivity contribution in [2.24, 2.45) is 0 Å². The summed E-state index contributed by atoms with van der Waals surface area (Å²) >= 11 is 0. The Hall–Kier alpha value is -1.32. The maximum atomic E-state index is 5.98. The summed E-state index contributed by atoms with van der Waals surface area (Å²) in [6.45, 7) is 5.60. The van der Waals surface area contributed by atoms with Crippen molar-refractivity contribution in [1.82, 2.24) is 10.2 Å². The number of likely N-dealkylation sites (tertiary alicyclic amines) is 1. The van der Waals surface area contributed by atoms with Gasteiger partial charge in [-0.15, -0.1) is 0 Å². The molecule has 21 heavy (non-hydrogen) atoms. The van der Waals surface area contributed by atoms with E-state index in [-0.39, 0.29) is 0 Å². The topological polar surface area (TPSA) is 28.4 Å². The number of para-hydroxylation sites is 1. The summed E-state index contributed by atoms with van der Waals surface area (Å²) in [7, 11) is 0. The molecule has 4 rings (SSSR count). The molecule has 1 aromatic carbocycles. The first-order valence-electron chi connectivity index (χ1n) is 8.32. The summed E-state index contributed by atoms with van der Waals surface area (Å²) < 4.78 is 5.98. The molecule has 3 heteroatoms. The minimum Gasteiger partial charge on any atom is -0.461 e. The average molecular weight is 284 g/mol. The Morgan fingerprint density at radius 1 is 1.24 bits per heavy atom. The molecule has 1 saturated carbocycles. The third-order valence-corrected chi connectivity index (χ3v) is 4.95. The second-order valence-electron chi connectivity index (χ2n) is 6.45. The molecule has 1 aliphatic heterocycles. The van der Waals surface area contributed by atoms with Crippen LogP contribution in [0, 0.1) is 0 Å². The van der Waals surface area contributed by atoms with E-state index in [1.807, 2.05) is 6.07 Å². The van der Waals surface area contributed by atoms with Crippen LogP contribution in [0.15, 0.2) is 28.7 Å². The summed E-state index contributed by atoms with van der Waals surface area (Å²) in [5, 5.41) is 5.04. The van der Waals surface area contributed by atoms with Crippen LogP contribution in [-0.4, -0.2) is 30.1 Å². The van der Waals surface area contributed by atoms with Crippen molar-refractivity contribution < 1.29 is 4.42 Å². The highest BCUT2D eigenvalue weighted by atomic mass is 16.3. The van der Waals surface area contributed by atoms with Gasteiger partial charge in [0.2, 0.25) is 0 Å². The van der Waals surface area contributed by atoms with Crippen LogP contribution in [0.4, 0.5) is 0 Å². The summed E-state index contributed by atoms with van der Waals surface area (Å²) in [5.41, 5.74) is 2.38. The third-order valence-electron chi connectivity index (χ3n) is 4.95. The van der Waals surface area contributed by atoms with Crippen LogP contribution in [0.1, 0.15) is 37.5 Å². The van der Waals surface area contributed by atoms with Gasteiger partial charge in [0.05, 0.1) is 0 Å². The van der Waals surface area contributed by atoms with Gasteiger partial charge < -0.3 is 9.73 Å². The zero-order chi connectivity index (χ0) is 14.2. The molecule has 2 heterocycles. The molecule has 1 aromatic heterocycles. The van der Waals surface area contributed by atoms with Gasteiger partial charge in [-0.25, -0.2) is 0 Å². The fraction of sp³-hybridized carbons (Fsp3) is 0.556. The van der Waals surface area contributed by atoms with Gasteiger partial charge in [-0.05, 0) is 25.3 Å². The van der Waals surface area contributed by atoms with E-state index in [0.29, 0.717) is 6.04 Å². The lowest BCUT2D eigenvalue weighted by Crippen LogP contribution is -2.33. The first-order chi connectivity index (χ1) is 10.3. The zero-order valence-electron chi connectivity index (χ0n) is 12.8. The Bertz CT molecular complexity index is 629. The van der Waals surface area contributed by atoms with Crippen molar-refractivity contribution in [3.8, 4) is 0 Å². The number of aryl methyl sites for hydroxylation is 1. The third kappa shape index (κ3) is 2.60. The van der Waals surface area contributed by atoms with E-state index in [4.69, 9.17) is 4.42 Å². The van der Waals surface area contributed by atoms with Crippen molar-refractivity contribution in [1.29, 1.82) is 0 Å². The number of benzene rings is 1. The van der Waals surface area contributed by atoms with Crippen LogP contribution in [-0.2, 0) is 13.0 Å². The van der Waals surface area contributed by atoms with Gasteiger partial charge in [0, 0.05) is 49.1 Å². The highest BCUT2D eigenvalue weighted by Crippen LogP contribution is 2.30. The lowest BCUT2D eigenvalue weighted by atomic mass is 10.1. The van der Waals surface area contributed by atoms with Crippen molar-refractivity contribution in [2.45, 2.75) is 51.2 Å². The second-order valence-corrected chi connectivity index (χ2v) is 6.45. The Balaban J connectivity index is 1.46. The van der Waals surface area contributed by atoms with Crippen LogP contribution in [0.2, 0.25) is 0 Å². The molecule has 0 amide bonds. The highest BCUT2D eigenvalue weighted by molar-refractivity contribution is 5.82. The van der Waals surface area contributed by atoms with Crippen molar-refractivity contribution in [3.63, 3.8) is 0 Å². The van der Waals surface area contributed by atoms with Crippen LogP contribution in [0.5, 0.6) is 0 Å². The van der Waals surface area contributed by atoms with E-state index in [0.717, 1.165) is 30.4 Å². The summed E-state index contributed by atoms with van der Waals surface area (Å²) in [5.74, 6) is 1.14. The van der Waals surface area contributed by atoms with Crippen molar-refractivity contribution in [3.05, 3.63) is 35.6 Å². The molecule has 1 N–H and O–H groups in total. The summed E-state index contributed by atoms with van der Waals surface area (Å²) in [6.07, 6.45) is 5.08. The molecule has 1 aliphatic carbocycles. The van der Waals surface area contributed by atoms with E-state index in [1.165, 1.54) is 43.3 Å². The molecule has 3 nitrogen and oxygen atoms in total. The lowest BCUT2D eigenvalue weighted by Gasteiger charge is -2.15. The molecule has 2 aliphatic rings. The Kier molecular flexibility index (Phi) is 3.48. The molecule has 112 valence electrons. The average Bonchev–Trinajstić information content (AvgIpc) is 3.15. The highest BCUT2D eigenvalue weighted by Gasteiger charge is 2.34. The van der Waals surface area contributed by atoms with E-state index in [9.17, 15) is 0 Å². The number of furan rings is 1. The predicted molar refractivity (Wildman–Crippen MR) is 85.4 cm³/mol. The molecule has 1 atom stereocenters. The van der Waals surface area contributed by atoms with Gasteiger partial charge in [0.25, 0.3) is 0 Å². The van der Waals surface area contributed by atoms with Crippen LogP contribution >= 0.6 is 0 Å². The molecule has 0 bridgehead atoms. The number of fused-ring (bicyclic) bond motifs is 1.